The Morgan fingerprint density at radius 3 is 2.86 bits per heavy atom. The molecule has 0 aromatic carbocycles. The van der Waals surface area contributed by atoms with E-state index in [-0.39, 0.29) is 29.0 Å². The van der Waals surface area contributed by atoms with Gasteiger partial charge in [0.1, 0.15) is 0 Å². The number of nitrogens with zero attached hydrogens (tertiary/aromatic N) is 4. The first kappa shape index (κ1) is 15.5. The van der Waals surface area contributed by atoms with Crippen molar-refractivity contribution in [2.24, 2.45) is 0 Å². The highest BCUT2D eigenvalue weighted by Crippen LogP contribution is 2.27. The van der Waals surface area contributed by atoms with Gasteiger partial charge in [0.2, 0.25) is 11.7 Å². The van der Waals surface area contributed by atoms with Crippen LogP contribution in [0.15, 0.2) is 12.3 Å². The van der Waals surface area contributed by atoms with Gasteiger partial charge in [-0.2, -0.15) is 0 Å². The summed E-state index contributed by atoms with van der Waals surface area (Å²) in [5, 5.41) is 14.4. The van der Waals surface area contributed by atoms with Crippen molar-refractivity contribution in [2.75, 3.05) is 44.7 Å². The summed E-state index contributed by atoms with van der Waals surface area (Å²) >= 11 is 5.73. The van der Waals surface area contributed by atoms with Gasteiger partial charge in [-0.3, -0.25) is 14.9 Å². The quantitative estimate of drug-likeness (QED) is 0.643. The fourth-order valence-corrected chi connectivity index (χ4v) is 2.29. The van der Waals surface area contributed by atoms with Crippen LogP contribution in [0.5, 0.6) is 0 Å². The summed E-state index contributed by atoms with van der Waals surface area (Å²) in [6, 6.07) is 1.23. The minimum atomic E-state index is -0.556. The molecule has 0 radical (unpaired) electrons. The van der Waals surface area contributed by atoms with Crippen molar-refractivity contribution in [3.63, 3.8) is 0 Å². The number of amides is 1. The lowest BCUT2D eigenvalue weighted by Crippen LogP contribution is -2.49. The van der Waals surface area contributed by atoms with Crippen LogP contribution in [0.2, 0.25) is 5.02 Å². The van der Waals surface area contributed by atoms with E-state index in [4.69, 9.17) is 11.6 Å². The van der Waals surface area contributed by atoms with E-state index in [0.717, 1.165) is 13.1 Å². The molecule has 0 atom stereocenters. The molecule has 0 spiro atoms. The second-order valence-electron chi connectivity index (χ2n) is 4.74. The number of piperazine rings is 1. The van der Waals surface area contributed by atoms with Crippen molar-refractivity contribution in [3.05, 3.63) is 27.4 Å². The molecule has 114 valence electrons. The number of hydrogen-bond acceptors (Lipinski definition) is 6. The minimum Gasteiger partial charge on any atom is -0.345 e. The van der Waals surface area contributed by atoms with Crippen LogP contribution < -0.4 is 10.2 Å². The summed E-state index contributed by atoms with van der Waals surface area (Å²) in [5.41, 5.74) is -0.210. The maximum absolute atomic E-state index is 12.2. The van der Waals surface area contributed by atoms with Gasteiger partial charge >= 0.3 is 5.69 Å². The first-order valence-corrected chi connectivity index (χ1v) is 6.86. The maximum atomic E-state index is 12.2. The zero-order valence-corrected chi connectivity index (χ0v) is 12.3. The summed E-state index contributed by atoms with van der Waals surface area (Å²) in [4.78, 5) is 29.8. The number of aromatic nitrogens is 1. The largest absolute Gasteiger partial charge is 0.345 e. The predicted molar refractivity (Wildman–Crippen MR) is 78.6 cm³/mol. The van der Waals surface area contributed by atoms with E-state index in [2.05, 4.69) is 10.3 Å². The van der Waals surface area contributed by atoms with E-state index in [9.17, 15) is 14.9 Å². The molecule has 8 nitrogen and oxygen atoms in total. The third-order valence-electron chi connectivity index (χ3n) is 3.21. The standard InChI is InChI=1S/C12H16ClN5O3/c1-16(8-11(19)17-4-2-14-3-5-17)12-10(18(20)21)6-9(13)7-15-12/h6-7,14H,2-5,8H2,1H3. The molecule has 1 aromatic heterocycles. The van der Waals surface area contributed by atoms with Gasteiger partial charge < -0.3 is 15.1 Å². The third kappa shape index (κ3) is 3.79. The lowest BCUT2D eigenvalue weighted by atomic mass is 10.3. The summed E-state index contributed by atoms with van der Waals surface area (Å²) in [6.07, 6.45) is 1.33. The van der Waals surface area contributed by atoms with Crippen LogP contribution in [0.1, 0.15) is 0 Å². The van der Waals surface area contributed by atoms with E-state index in [0.29, 0.717) is 13.1 Å². The van der Waals surface area contributed by atoms with Crippen LogP contribution in [0, 0.1) is 10.1 Å². The van der Waals surface area contributed by atoms with Crippen molar-refractivity contribution < 1.29 is 9.72 Å². The molecular weight excluding hydrogens is 298 g/mol. The van der Waals surface area contributed by atoms with Gasteiger partial charge in [-0.25, -0.2) is 4.98 Å². The Kier molecular flexibility index (Phi) is 4.92. The van der Waals surface area contributed by atoms with Crippen molar-refractivity contribution in [1.29, 1.82) is 0 Å². The van der Waals surface area contributed by atoms with Crippen molar-refractivity contribution >= 4 is 29.0 Å². The number of rotatable bonds is 4. The number of carbonyl (C=O) groups is 1. The fraction of sp³-hybridized carbons (Fsp3) is 0.500. The first-order valence-electron chi connectivity index (χ1n) is 6.48. The van der Waals surface area contributed by atoms with Gasteiger partial charge in [0.05, 0.1) is 16.5 Å². The van der Waals surface area contributed by atoms with Crippen molar-refractivity contribution in [2.45, 2.75) is 0 Å². The highest BCUT2D eigenvalue weighted by molar-refractivity contribution is 6.30. The molecule has 1 fully saturated rings. The van der Waals surface area contributed by atoms with Gasteiger partial charge in [-0.1, -0.05) is 11.6 Å². The Morgan fingerprint density at radius 1 is 1.57 bits per heavy atom. The average Bonchev–Trinajstić information content (AvgIpc) is 2.47. The monoisotopic (exact) mass is 313 g/mol. The Labute approximate surface area is 126 Å². The molecule has 1 amide bonds. The predicted octanol–water partition coefficient (Wildman–Crippen LogP) is 0.511. The molecule has 0 saturated carbocycles. The lowest BCUT2D eigenvalue weighted by Gasteiger charge is -2.29. The Bertz CT molecular complexity index is 548. The fourth-order valence-electron chi connectivity index (χ4n) is 2.14. The lowest BCUT2D eigenvalue weighted by molar-refractivity contribution is -0.384. The van der Waals surface area contributed by atoms with E-state index in [1.807, 2.05) is 0 Å². The Hall–Kier alpha value is -1.93. The molecule has 1 aliphatic heterocycles. The van der Waals surface area contributed by atoms with Crippen LogP contribution in [0.25, 0.3) is 0 Å². The van der Waals surface area contributed by atoms with Gasteiger partial charge in [-0.05, 0) is 0 Å². The van der Waals surface area contributed by atoms with Crippen LogP contribution in [-0.2, 0) is 4.79 Å². The molecule has 1 N–H and O–H groups in total. The number of hydrogen-bond donors (Lipinski definition) is 1. The molecule has 0 bridgehead atoms. The smallest absolute Gasteiger partial charge is 0.313 e. The Morgan fingerprint density at radius 2 is 2.24 bits per heavy atom. The molecule has 0 aliphatic carbocycles. The van der Waals surface area contributed by atoms with Gasteiger partial charge in [0, 0.05) is 45.5 Å². The Balaban J connectivity index is 2.11. The molecule has 2 rings (SSSR count). The third-order valence-corrected chi connectivity index (χ3v) is 3.42. The second-order valence-corrected chi connectivity index (χ2v) is 5.18. The number of halogens is 1. The summed E-state index contributed by atoms with van der Waals surface area (Å²) < 4.78 is 0. The van der Waals surface area contributed by atoms with Gasteiger partial charge in [-0.15, -0.1) is 0 Å². The molecule has 1 saturated heterocycles. The van der Waals surface area contributed by atoms with Crippen LogP contribution in [-0.4, -0.2) is 60.5 Å². The highest BCUT2D eigenvalue weighted by Gasteiger charge is 2.23. The number of carbonyl (C=O) groups excluding carboxylic acids is 1. The first-order chi connectivity index (χ1) is 9.99. The topological polar surface area (TPSA) is 91.6 Å². The second kappa shape index (κ2) is 6.68. The molecular formula is C12H16ClN5O3. The van der Waals surface area contributed by atoms with Crippen LogP contribution >= 0.6 is 11.6 Å². The van der Waals surface area contributed by atoms with E-state index >= 15 is 0 Å². The summed E-state index contributed by atoms with van der Waals surface area (Å²) in [6.45, 7) is 2.84. The summed E-state index contributed by atoms with van der Waals surface area (Å²) in [5.74, 6) is 0.0536. The van der Waals surface area contributed by atoms with Crippen molar-refractivity contribution in [1.82, 2.24) is 15.2 Å². The van der Waals surface area contributed by atoms with Gasteiger partial charge in [0.25, 0.3) is 0 Å². The number of pyridine rings is 1. The number of nitrogens with one attached hydrogen (secondary N) is 1. The average molecular weight is 314 g/mol. The molecule has 1 aromatic rings. The van der Waals surface area contributed by atoms with E-state index in [1.54, 1.807) is 11.9 Å². The molecule has 2 heterocycles. The molecule has 21 heavy (non-hydrogen) atoms. The number of likely N-dealkylation sites (N-methyl/N-ethyl adjacent to an activating group) is 1. The van der Waals surface area contributed by atoms with Crippen LogP contribution in [0.3, 0.4) is 0 Å². The maximum Gasteiger partial charge on any atom is 0.313 e. The van der Waals surface area contributed by atoms with Crippen LogP contribution in [0.4, 0.5) is 11.5 Å². The number of nitro groups is 1. The van der Waals surface area contributed by atoms with E-state index in [1.165, 1.54) is 17.2 Å². The minimum absolute atomic E-state index is 0.0372. The highest BCUT2D eigenvalue weighted by atomic mass is 35.5. The normalized spacial score (nSPS) is 14.9. The van der Waals surface area contributed by atoms with E-state index < -0.39 is 4.92 Å². The SMILES string of the molecule is CN(CC(=O)N1CCNCC1)c1ncc(Cl)cc1[N+](=O)[O-]. The zero-order chi connectivity index (χ0) is 15.4. The number of anilines is 1. The molecule has 0 unspecified atom stereocenters. The molecule has 9 heteroatoms. The molecule has 1 aliphatic rings. The van der Waals surface area contributed by atoms with Crippen molar-refractivity contribution in [3.8, 4) is 0 Å². The summed E-state index contributed by atoms with van der Waals surface area (Å²) in [7, 11) is 1.60. The zero-order valence-electron chi connectivity index (χ0n) is 11.6. The van der Waals surface area contributed by atoms with Gasteiger partial charge in [0.15, 0.2) is 0 Å².